The average molecular weight is 275 g/mol. The summed E-state index contributed by atoms with van der Waals surface area (Å²) in [7, 11) is 0. The maximum Gasteiger partial charge on any atom is 0.335 e. The van der Waals surface area contributed by atoms with E-state index in [1.807, 2.05) is 12.1 Å². The van der Waals surface area contributed by atoms with E-state index in [4.69, 9.17) is 5.11 Å². The van der Waals surface area contributed by atoms with Gasteiger partial charge in [0.15, 0.2) is 0 Å². The van der Waals surface area contributed by atoms with E-state index in [1.54, 1.807) is 12.1 Å². The minimum atomic E-state index is -0.858. The van der Waals surface area contributed by atoms with Crippen molar-refractivity contribution in [2.24, 2.45) is 5.92 Å². The van der Waals surface area contributed by atoms with Gasteiger partial charge in [-0.3, -0.25) is 0 Å². The summed E-state index contributed by atoms with van der Waals surface area (Å²) in [5, 5.41) is 12.6. The van der Waals surface area contributed by atoms with E-state index in [2.05, 4.69) is 12.2 Å². The van der Waals surface area contributed by atoms with Crippen LogP contribution in [-0.2, 0) is 6.54 Å². The van der Waals surface area contributed by atoms with E-state index >= 15 is 0 Å². The van der Waals surface area contributed by atoms with Gasteiger partial charge in [0.05, 0.1) is 5.56 Å². The monoisotopic (exact) mass is 275 g/mol. The number of hydrogen-bond donors (Lipinski definition) is 2. The van der Waals surface area contributed by atoms with E-state index < -0.39 is 5.97 Å². The molecule has 0 amide bonds. The molecule has 0 unspecified atom stereocenters. The van der Waals surface area contributed by atoms with Gasteiger partial charge in [-0.05, 0) is 43.4 Å². The number of rotatable bonds is 5. The molecule has 0 radical (unpaired) electrons. The molecule has 2 rings (SSSR count). The van der Waals surface area contributed by atoms with Crippen molar-refractivity contribution in [2.75, 3.05) is 0 Å². The van der Waals surface area contributed by atoms with Crippen LogP contribution in [0.15, 0.2) is 24.3 Å². The Bertz CT molecular complexity index is 436. The van der Waals surface area contributed by atoms with Gasteiger partial charge in [-0.15, -0.1) is 0 Å². The van der Waals surface area contributed by atoms with Gasteiger partial charge < -0.3 is 10.4 Å². The summed E-state index contributed by atoms with van der Waals surface area (Å²) in [6, 6.07) is 7.70. The van der Waals surface area contributed by atoms with Crippen LogP contribution in [0, 0.1) is 5.92 Å². The number of benzene rings is 1. The van der Waals surface area contributed by atoms with Crippen LogP contribution in [-0.4, -0.2) is 17.1 Å². The molecule has 0 bridgehead atoms. The van der Waals surface area contributed by atoms with Gasteiger partial charge in [0.25, 0.3) is 0 Å². The molecule has 1 aliphatic carbocycles. The van der Waals surface area contributed by atoms with Crippen molar-refractivity contribution in [3.63, 3.8) is 0 Å². The quantitative estimate of drug-likeness (QED) is 0.803. The van der Waals surface area contributed by atoms with Gasteiger partial charge in [0.2, 0.25) is 0 Å². The summed E-state index contributed by atoms with van der Waals surface area (Å²) in [4.78, 5) is 11.0. The van der Waals surface area contributed by atoms with Crippen molar-refractivity contribution >= 4 is 5.97 Å². The molecule has 2 N–H and O–H groups in total. The molecule has 1 aromatic carbocycles. The zero-order valence-corrected chi connectivity index (χ0v) is 12.3. The number of nitrogens with one attached hydrogen (secondary N) is 1. The lowest BCUT2D eigenvalue weighted by molar-refractivity contribution is 0.0696. The highest BCUT2D eigenvalue weighted by atomic mass is 16.4. The largest absolute Gasteiger partial charge is 0.478 e. The number of carbonyl (C=O) groups is 1. The second-order valence-electron chi connectivity index (χ2n) is 5.93. The van der Waals surface area contributed by atoms with E-state index in [-0.39, 0.29) is 0 Å². The predicted octanol–water partition coefficient (Wildman–Crippen LogP) is 3.83. The van der Waals surface area contributed by atoms with Crippen molar-refractivity contribution in [1.82, 2.24) is 5.32 Å². The number of hydrogen-bond acceptors (Lipinski definition) is 2. The van der Waals surface area contributed by atoms with Crippen LogP contribution in [0.1, 0.15) is 61.4 Å². The summed E-state index contributed by atoms with van der Waals surface area (Å²) in [6.45, 7) is 3.01. The lowest BCUT2D eigenvalue weighted by atomic mass is 9.93. The summed E-state index contributed by atoms with van der Waals surface area (Å²) >= 11 is 0. The number of carboxylic acids is 1. The summed E-state index contributed by atoms with van der Waals surface area (Å²) in [5.41, 5.74) is 1.41. The molecule has 0 heterocycles. The molecule has 0 aliphatic heterocycles. The first kappa shape index (κ1) is 15.0. The van der Waals surface area contributed by atoms with Crippen molar-refractivity contribution in [1.29, 1.82) is 0 Å². The SMILES string of the molecule is C[C@@H](NCc1cccc(C(=O)O)c1)C1CCCCCC1. The lowest BCUT2D eigenvalue weighted by Gasteiger charge is -2.23. The first-order valence-electron chi connectivity index (χ1n) is 7.72. The maximum atomic E-state index is 11.0. The first-order valence-corrected chi connectivity index (χ1v) is 7.72. The van der Waals surface area contributed by atoms with Crippen LogP contribution in [0.2, 0.25) is 0 Å². The Morgan fingerprint density at radius 3 is 2.65 bits per heavy atom. The third-order valence-electron chi connectivity index (χ3n) is 4.41. The van der Waals surface area contributed by atoms with Gasteiger partial charge in [-0.25, -0.2) is 4.79 Å². The minimum Gasteiger partial charge on any atom is -0.478 e. The number of aromatic carboxylic acids is 1. The predicted molar refractivity (Wildman–Crippen MR) is 80.9 cm³/mol. The molecule has 1 aliphatic rings. The Morgan fingerprint density at radius 1 is 1.30 bits per heavy atom. The zero-order valence-electron chi connectivity index (χ0n) is 12.3. The molecule has 1 saturated carbocycles. The summed E-state index contributed by atoms with van der Waals surface area (Å²) in [6.07, 6.45) is 8.11. The zero-order chi connectivity index (χ0) is 14.4. The third-order valence-corrected chi connectivity index (χ3v) is 4.41. The average Bonchev–Trinajstić information content (AvgIpc) is 2.74. The van der Waals surface area contributed by atoms with Gasteiger partial charge >= 0.3 is 5.97 Å². The van der Waals surface area contributed by atoms with Gasteiger partial charge in [-0.1, -0.05) is 37.8 Å². The lowest BCUT2D eigenvalue weighted by Crippen LogP contribution is -2.33. The highest BCUT2D eigenvalue weighted by Crippen LogP contribution is 2.25. The topological polar surface area (TPSA) is 49.3 Å². The fraction of sp³-hybridized carbons (Fsp3) is 0.588. The van der Waals surface area contributed by atoms with E-state index in [0.29, 0.717) is 11.6 Å². The summed E-state index contributed by atoms with van der Waals surface area (Å²) < 4.78 is 0. The van der Waals surface area contributed by atoms with Crippen molar-refractivity contribution in [3.05, 3.63) is 35.4 Å². The molecule has 0 spiro atoms. The fourth-order valence-electron chi connectivity index (χ4n) is 3.07. The molecule has 3 nitrogen and oxygen atoms in total. The van der Waals surface area contributed by atoms with Crippen LogP contribution < -0.4 is 5.32 Å². The Labute approximate surface area is 121 Å². The number of carboxylic acid groups (broad SMARTS) is 1. The molecule has 20 heavy (non-hydrogen) atoms. The van der Waals surface area contributed by atoms with Crippen molar-refractivity contribution < 1.29 is 9.90 Å². The standard InChI is InChI=1S/C17H25NO2/c1-13(15-8-4-2-3-5-9-15)18-12-14-7-6-10-16(11-14)17(19)20/h6-7,10-11,13,15,18H,2-5,8-9,12H2,1H3,(H,19,20)/t13-/m1/s1. The van der Waals surface area contributed by atoms with E-state index in [1.165, 1.54) is 38.5 Å². The van der Waals surface area contributed by atoms with Crippen LogP contribution in [0.4, 0.5) is 0 Å². The molecule has 1 atom stereocenters. The van der Waals surface area contributed by atoms with Crippen molar-refractivity contribution in [2.45, 2.75) is 58.0 Å². The molecule has 1 aromatic rings. The Kier molecular flexibility index (Phi) is 5.60. The molecule has 3 heteroatoms. The van der Waals surface area contributed by atoms with Crippen LogP contribution in [0.5, 0.6) is 0 Å². The van der Waals surface area contributed by atoms with Gasteiger partial charge in [0.1, 0.15) is 0 Å². The highest BCUT2D eigenvalue weighted by Gasteiger charge is 2.18. The highest BCUT2D eigenvalue weighted by molar-refractivity contribution is 5.87. The van der Waals surface area contributed by atoms with Crippen molar-refractivity contribution in [3.8, 4) is 0 Å². The van der Waals surface area contributed by atoms with Gasteiger partial charge in [-0.2, -0.15) is 0 Å². The third kappa shape index (κ3) is 4.34. The van der Waals surface area contributed by atoms with E-state index in [9.17, 15) is 4.79 Å². The molecule has 110 valence electrons. The van der Waals surface area contributed by atoms with E-state index in [0.717, 1.165) is 18.0 Å². The van der Waals surface area contributed by atoms with Crippen LogP contribution >= 0.6 is 0 Å². The molecule has 0 saturated heterocycles. The maximum absolute atomic E-state index is 11.0. The smallest absolute Gasteiger partial charge is 0.335 e. The summed E-state index contributed by atoms with van der Waals surface area (Å²) in [5.74, 6) is -0.0937. The normalized spacial score (nSPS) is 18.4. The van der Waals surface area contributed by atoms with Crippen LogP contribution in [0.25, 0.3) is 0 Å². The Hall–Kier alpha value is -1.35. The Morgan fingerprint density at radius 2 is 2.00 bits per heavy atom. The first-order chi connectivity index (χ1) is 9.66. The fourth-order valence-corrected chi connectivity index (χ4v) is 3.07. The second-order valence-corrected chi connectivity index (χ2v) is 5.93. The van der Waals surface area contributed by atoms with Crippen LogP contribution in [0.3, 0.4) is 0 Å². The van der Waals surface area contributed by atoms with Gasteiger partial charge in [0, 0.05) is 12.6 Å². The molecular weight excluding hydrogens is 250 g/mol. The Balaban J connectivity index is 1.87. The molecule has 1 fully saturated rings. The molecule has 0 aromatic heterocycles. The second kappa shape index (κ2) is 7.44. The minimum absolute atomic E-state index is 0.367. The molecular formula is C17H25NO2.